The SMILES string of the molecule is Cc1nn(CC(=O)O)c(C)c1S(=O)(=O)Nc1ncn[nH]1. The molecule has 10 nitrogen and oxygen atoms in total. The van der Waals surface area contributed by atoms with E-state index in [1.54, 1.807) is 0 Å². The molecule has 0 fully saturated rings. The Kier molecular flexibility index (Phi) is 3.44. The Morgan fingerprint density at radius 3 is 2.75 bits per heavy atom. The van der Waals surface area contributed by atoms with Gasteiger partial charge in [-0.1, -0.05) is 0 Å². The van der Waals surface area contributed by atoms with Crippen molar-refractivity contribution < 1.29 is 18.3 Å². The molecule has 0 spiro atoms. The molecule has 2 aromatic heterocycles. The smallest absolute Gasteiger partial charge is 0.325 e. The number of aromatic nitrogens is 5. The summed E-state index contributed by atoms with van der Waals surface area (Å²) in [5, 5.41) is 18.6. The Bertz CT molecular complexity index is 733. The van der Waals surface area contributed by atoms with Crippen LogP contribution < -0.4 is 4.72 Å². The second kappa shape index (κ2) is 4.92. The van der Waals surface area contributed by atoms with Gasteiger partial charge in [0, 0.05) is 0 Å². The molecule has 108 valence electrons. The normalized spacial score (nSPS) is 11.5. The van der Waals surface area contributed by atoms with Crippen molar-refractivity contribution in [2.45, 2.75) is 25.3 Å². The first kappa shape index (κ1) is 14.0. The number of rotatable bonds is 5. The molecule has 0 amide bonds. The number of nitrogens with zero attached hydrogens (tertiary/aromatic N) is 4. The van der Waals surface area contributed by atoms with Gasteiger partial charge in [0.2, 0.25) is 5.95 Å². The van der Waals surface area contributed by atoms with Gasteiger partial charge in [0.15, 0.2) is 0 Å². The van der Waals surface area contributed by atoms with Crippen molar-refractivity contribution >= 4 is 21.9 Å². The van der Waals surface area contributed by atoms with Crippen molar-refractivity contribution in [1.29, 1.82) is 0 Å². The van der Waals surface area contributed by atoms with Crippen LogP contribution in [0, 0.1) is 13.8 Å². The van der Waals surface area contributed by atoms with Crippen LogP contribution in [0.1, 0.15) is 11.4 Å². The highest BCUT2D eigenvalue weighted by molar-refractivity contribution is 7.92. The van der Waals surface area contributed by atoms with Gasteiger partial charge in [-0.2, -0.15) is 15.2 Å². The van der Waals surface area contributed by atoms with Crippen molar-refractivity contribution in [2.24, 2.45) is 0 Å². The third-order valence-electron chi connectivity index (χ3n) is 2.51. The fraction of sp³-hybridized carbons (Fsp3) is 0.333. The van der Waals surface area contributed by atoms with E-state index >= 15 is 0 Å². The summed E-state index contributed by atoms with van der Waals surface area (Å²) in [6, 6.07) is 0. The molecule has 0 aliphatic carbocycles. The van der Waals surface area contributed by atoms with Crippen LogP contribution in [0.15, 0.2) is 11.2 Å². The Balaban J connectivity index is 2.41. The van der Waals surface area contributed by atoms with Crippen LogP contribution in [-0.2, 0) is 21.4 Å². The van der Waals surface area contributed by atoms with E-state index in [9.17, 15) is 13.2 Å². The van der Waals surface area contributed by atoms with E-state index in [1.165, 1.54) is 13.8 Å². The Labute approximate surface area is 113 Å². The molecular formula is C9H12N6O4S. The van der Waals surface area contributed by atoms with Crippen LogP contribution in [0.25, 0.3) is 0 Å². The predicted octanol–water partition coefficient (Wildman–Crippen LogP) is -0.497. The van der Waals surface area contributed by atoms with Gasteiger partial charge in [-0.3, -0.25) is 9.48 Å². The van der Waals surface area contributed by atoms with Crippen LogP contribution in [0.4, 0.5) is 5.95 Å². The minimum Gasteiger partial charge on any atom is -0.480 e. The van der Waals surface area contributed by atoms with E-state index in [-0.39, 0.29) is 22.2 Å². The molecule has 0 aromatic carbocycles. The van der Waals surface area contributed by atoms with E-state index in [4.69, 9.17) is 5.11 Å². The van der Waals surface area contributed by atoms with Crippen LogP contribution >= 0.6 is 0 Å². The molecule has 3 N–H and O–H groups in total. The second-order valence-corrected chi connectivity index (χ2v) is 5.61. The number of carboxylic acid groups (broad SMARTS) is 1. The third kappa shape index (κ3) is 2.61. The molecular weight excluding hydrogens is 288 g/mol. The maximum absolute atomic E-state index is 12.2. The maximum Gasteiger partial charge on any atom is 0.325 e. The van der Waals surface area contributed by atoms with Gasteiger partial charge in [-0.15, -0.1) is 0 Å². The van der Waals surface area contributed by atoms with Crippen molar-refractivity contribution in [1.82, 2.24) is 25.0 Å². The number of aryl methyl sites for hydroxylation is 1. The average molecular weight is 300 g/mol. The lowest BCUT2D eigenvalue weighted by molar-refractivity contribution is -0.137. The molecule has 0 saturated heterocycles. The number of nitrogens with one attached hydrogen (secondary N) is 2. The Morgan fingerprint density at radius 2 is 2.20 bits per heavy atom. The van der Waals surface area contributed by atoms with Crippen LogP contribution in [0.3, 0.4) is 0 Å². The lowest BCUT2D eigenvalue weighted by atomic mass is 10.4. The van der Waals surface area contributed by atoms with Gasteiger partial charge in [0.25, 0.3) is 10.0 Å². The number of aliphatic carboxylic acids is 1. The number of H-pyrrole nitrogens is 1. The number of aromatic amines is 1. The highest BCUT2D eigenvalue weighted by Crippen LogP contribution is 2.21. The van der Waals surface area contributed by atoms with Crippen molar-refractivity contribution in [3.63, 3.8) is 0 Å². The quantitative estimate of drug-likeness (QED) is 0.675. The standard InChI is InChI=1S/C9H12N6O4S/c1-5-8(6(2)15(13-5)3-7(16)17)20(18,19)14-9-10-4-11-12-9/h4H,3H2,1-2H3,(H,16,17)(H2,10,11,12,14). The molecule has 0 aliphatic rings. The number of hydrogen-bond donors (Lipinski definition) is 3. The topological polar surface area (TPSA) is 143 Å². The zero-order valence-corrected chi connectivity index (χ0v) is 11.5. The summed E-state index contributed by atoms with van der Waals surface area (Å²) in [6.07, 6.45) is 1.16. The molecule has 2 aromatic rings. The van der Waals surface area contributed by atoms with Gasteiger partial charge in [0.05, 0.1) is 11.4 Å². The number of carboxylic acids is 1. The fourth-order valence-electron chi connectivity index (χ4n) is 1.78. The number of anilines is 1. The summed E-state index contributed by atoms with van der Waals surface area (Å²) in [5.74, 6) is -1.14. The maximum atomic E-state index is 12.2. The largest absolute Gasteiger partial charge is 0.480 e. The summed E-state index contributed by atoms with van der Waals surface area (Å²) >= 11 is 0. The zero-order valence-electron chi connectivity index (χ0n) is 10.7. The molecule has 0 unspecified atom stereocenters. The van der Waals surface area contributed by atoms with E-state index in [2.05, 4.69) is 25.0 Å². The summed E-state index contributed by atoms with van der Waals surface area (Å²) in [4.78, 5) is 14.3. The van der Waals surface area contributed by atoms with E-state index in [0.29, 0.717) is 0 Å². The van der Waals surface area contributed by atoms with Crippen molar-refractivity contribution in [2.75, 3.05) is 4.72 Å². The molecule has 20 heavy (non-hydrogen) atoms. The van der Waals surface area contributed by atoms with Gasteiger partial charge >= 0.3 is 5.97 Å². The zero-order chi connectivity index (χ0) is 14.9. The average Bonchev–Trinajstić information content (AvgIpc) is 2.87. The molecule has 2 rings (SSSR count). The highest BCUT2D eigenvalue weighted by Gasteiger charge is 2.26. The summed E-state index contributed by atoms with van der Waals surface area (Å²) in [5.41, 5.74) is 0.438. The molecule has 0 bridgehead atoms. The number of hydrogen-bond acceptors (Lipinski definition) is 6. The molecule has 0 atom stereocenters. The third-order valence-corrected chi connectivity index (χ3v) is 4.11. The fourth-order valence-corrected chi connectivity index (χ4v) is 3.16. The monoisotopic (exact) mass is 300 g/mol. The first-order valence-corrected chi connectivity index (χ1v) is 6.93. The van der Waals surface area contributed by atoms with Crippen LogP contribution in [-0.4, -0.2) is 44.5 Å². The minimum absolute atomic E-state index is 0.0326. The van der Waals surface area contributed by atoms with E-state index < -0.39 is 22.5 Å². The number of carbonyl (C=O) groups is 1. The first-order chi connectivity index (χ1) is 9.31. The van der Waals surface area contributed by atoms with Gasteiger partial charge in [-0.25, -0.2) is 18.2 Å². The molecule has 0 saturated carbocycles. The predicted molar refractivity (Wildman–Crippen MR) is 66.5 cm³/mol. The summed E-state index contributed by atoms with van der Waals surface area (Å²) in [7, 11) is -3.92. The van der Waals surface area contributed by atoms with Crippen molar-refractivity contribution in [3.05, 3.63) is 17.7 Å². The van der Waals surface area contributed by atoms with Crippen LogP contribution in [0.5, 0.6) is 0 Å². The number of sulfonamides is 1. The highest BCUT2D eigenvalue weighted by atomic mass is 32.2. The van der Waals surface area contributed by atoms with E-state index in [1.807, 2.05) is 0 Å². The molecule has 0 aliphatic heterocycles. The lowest BCUT2D eigenvalue weighted by Gasteiger charge is -2.05. The molecule has 2 heterocycles. The van der Waals surface area contributed by atoms with Gasteiger partial charge in [0.1, 0.15) is 17.8 Å². The van der Waals surface area contributed by atoms with Crippen LogP contribution in [0.2, 0.25) is 0 Å². The van der Waals surface area contributed by atoms with Gasteiger partial charge < -0.3 is 5.11 Å². The van der Waals surface area contributed by atoms with Crippen molar-refractivity contribution in [3.8, 4) is 0 Å². The molecule has 0 radical (unpaired) electrons. The Morgan fingerprint density at radius 1 is 1.50 bits per heavy atom. The Hall–Kier alpha value is -2.43. The lowest BCUT2D eigenvalue weighted by Crippen LogP contribution is -2.16. The minimum atomic E-state index is -3.92. The summed E-state index contributed by atoms with van der Waals surface area (Å²) in [6.45, 7) is 2.56. The van der Waals surface area contributed by atoms with Gasteiger partial charge in [-0.05, 0) is 13.8 Å². The second-order valence-electron chi connectivity index (χ2n) is 3.99. The molecule has 11 heteroatoms. The van der Waals surface area contributed by atoms with E-state index in [0.717, 1.165) is 11.0 Å². The summed E-state index contributed by atoms with van der Waals surface area (Å²) < 4.78 is 27.8. The first-order valence-electron chi connectivity index (χ1n) is 5.45.